The van der Waals surface area contributed by atoms with Crippen LogP contribution in [0.5, 0.6) is 0 Å². The van der Waals surface area contributed by atoms with Gasteiger partial charge in [0.05, 0.1) is 0 Å². The van der Waals surface area contributed by atoms with Gasteiger partial charge in [0.1, 0.15) is 6.61 Å². The van der Waals surface area contributed by atoms with E-state index in [-0.39, 0.29) is 12.5 Å². The number of ether oxygens (including phenoxy) is 1. The second-order valence-electron chi connectivity index (χ2n) is 1.64. The van der Waals surface area contributed by atoms with E-state index >= 15 is 0 Å². The Balaban J connectivity index is 2.50. The molecular formula is C5H8N2O3. The standard InChI is InChI=1S/C5H8N2O3/c1-2-9-3-4-6-7-5(8)10-4/h2-3H2,1H3,(H,7,8). The summed E-state index contributed by atoms with van der Waals surface area (Å²) >= 11 is 0. The maximum Gasteiger partial charge on any atom is 0.434 e. The summed E-state index contributed by atoms with van der Waals surface area (Å²) in [4.78, 5) is 10.3. The van der Waals surface area contributed by atoms with E-state index in [0.717, 1.165) is 0 Å². The number of rotatable bonds is 3. The molecule has 0 saturated carbocycles. The van der Waals surface area contributed by atoms with Gasteiger partial charge in [-0.05, 0) is 6.92 Å². The summed E-state index contributed by atoms with van der Waals surface area (Å²) in [5, 5.41) is 5.65. The van der Waals surface area contributed by atoms with Crippen LogP contribution in [0.4, 0.5) is 0 Å². The molecule has 1 aromatic heterocycles. The van der Waals surface area contributed by atoms with Crippen molar-refractivity contribution in [2.45, 2.75) is 13.5 Å². The van der Waals surface area contributed by atoms with Crippen LogP contribution < -0.4 is 5.76 Å². The SMILES string of the molecule is CCOCc1n[nH]c(=O)o1. The van der Waals surface area contributed by atoms with Gasteiger partial charge in [-0.15, -0.1) is 5.10 Å². The summed E-state index contributed by atoms with van der Waals surface area (Å²) in [5.74, 6) is -0.262. The molecule has 1 heterocycles. The molecular weight excluding hydrogens is 136 g/mol. The predicted molar refractivity (Wildman–Crippen MR) is 32.5 cm³/mol. The fourth-order valence-electron chi connectivity index (χ4n) is 0.512. The Kier molecular flexibility index (Phi) is 2.22. The van der Waals surface area contributed by atoms with E-state index < -0.39 is 5.76 Å². The van der Waals surface area contributed by atoms with Gasteiger partial charge in [0.2, 0.25) is 5.89 Å². The first-order chi connectivity index (χ1) is 4.83. The van der Waals surface area contributed by atoms with Gasteiger partial charge in [-0.1, -0.05) is 0 Å². The largest absolute Gasteiger partial charge is 0.434 e. The molecule has 5 nitrogen and oxygen atoms in total. The lowest BCUT2D eigenvalue weighted by atomic mass is 10.7. The van der Waals surface area contributed by atoms with Crippen molar-refractivity contribution in [3.05, 3.63) is 16.4 Å². The summed E-state index contributed by atoms with van der Waals surface area (Å²) in [6.45, 7) is 2.68. The smallest absolute Gasteiger partial charge is 0.390 e. The number of nitrogens with zero attached hydrogens (tertiary/aromatic N) is 1. The summed E-state index contributed by atoms with van der Waals surface area (Å²) < 4.78 is 9.46. The molecule has 0 bridgehead atoms. The monoisotopic (exact) mass is 144 g/mol. The molecule has 0 unspecified atom stereocenters. The maximum absolute atomic E-state index is 10.3. The molecule has 0 fully saturated rings. The molecule has 56 valence electrons. The van der Waals surface area contributed by atoms with Crippen molar-refractivity contribution in [3.8, 4) is 0 Å². The van der Waals surface area contributed by atoms with Gasteiger partial charge in [-0.25, -0.2) is 9.89 Å². The zero-order valence-corrected chi connectivity index (χ0v) is 5.59. The van der Waals surface area contributed by atoms with Gasteiger partial charge in [0.15, 0.2) is 0 Å². The minimum atomic E-state index is -0.547. The summed E-state index contributed by atoms with van der Waals surface area (Å²) in [6, 6.07) is 0. The Morgan fingerprint density at radius 3 is 3.10 bits per heavy atom. The first kappa shape index (κ1) is 7.01. The van der Waals surface area contributed by atoms with Crippen molar-refractivity contribution in [2.24, 2.45) is 0 Å². The third kappa shape index (κ3) is 1.70. The lowest BCUT2D eigenvalue weighted by molar-refractivity contribution is 0.113. The van der Waals surface area contributed by atoms with Gasteiger partial charge >= 0.3 is 5.76 Å². The Bertz CT molecular complexity index is 239. The first-order valence-corrected chi connectivity index (χ1v) is 2.95. The second-order valence-corrected chi connectivity index (χ2v) is 1.64. The number of H-pyrrole nitrogens is 1. The van der Waals surface area contributed by atoms with Crippen molar-refractivity contribution < 1.29 is 9.15 Å². The minimum Gasteiger partial charge on any atom is -0.390 e. The average Bonchev–Trinajstić information content (AvgIpc) is 2.31. The van der Waals surface area contributed by atoms with E-state index in [4.69, 9.17) is 4.74 Å². The van der Waals surface area contributed by atoms with Gasteiger partial charge in [-0.2, -0.15) is 0 Å². The highest BCUT2D eigenvalue weighted by molar-refractivity contribution is 4.67. The second kappa shape index (κ2) is 3.17. The third-order valence-corrected chi connectivity index (χ3v) is 0.912. The summed E-state index contributed by atoms with van der Waals surface area (Å²) in [7, 11) is 0. The molecule has 5 heteroatoms. The highest BCUT2D eigenvalue weighted by Crippen LogP contribution is 1.89. The predicted octanol–water partition coefficient (Wildman–Crippen LogP) is -0.101. The maximum atomic E-state index is 10.3. The Morgan fingerprint density at radius 2 is 2.60 bits per heavy atom. The summed E-state index contributed by atoms with van der Waals surface area (Å²) in [5.41, 5.74) is 0. The van der Waals surface area contributed by atoms with E-state index in [0.29, 0.717) is 6.61 Å². The molecule has 0 aromatic carbocycles. The van der Waals surface area contributed by atoms with Crippen LogP contribution in [-0.2, 0) is 11.3 Å². The zero-order valence-electron chi connectivity index (χ0n) is 5.59. The lowest BCUT2D eigenvalue weighted by Gasteiger charge is -1.91. The molecule has 0 saturated heterocycles. The fourth-order valence-corrected chi connectivity index (χ4v) is 0.512. The van der Waals surface area contributed by atoms with Gasteiger partial charge < -0.3 is 9.15 Å². The molecule has 10 heavy (non-hydrogen) atoms. The fraction of sp³-hybridized carbons (Fsp3) is 0.600. The zero-order chi connectivity index (χ0) is 7.40. The van der Waals surface area contributed by atoms with Gasteiger partial charge in [-0.3, -0.25) is 0 Å². The van der Waals surface area contributed by atoms with Gasteiger partial charge in [0, 0.05) is 6.61 Å². The van der Waals surface area contributed by atoms with Crippen LogP contribution in [0.3, 0.4) is 0 Å². The number of aromatic nitrogens is 2. The molecule has 0 aliphatic heterocycles. The Hall–Kier alpha value is -1.10. The van der Waals surface area contributed by atoms with Crippen LogP contribution >= 0.6 is 0 Å². The van der Waals surface area contributed by atoms with Crippen LogP contribution in [0, 0.1) is 0 Å². The van der Waals surface area contributed by atoms with Crippen molar-refractivity contribution in [3.63, 3.8) is 0 Å². The van der Waals surface area contributed by atoms with E-state index in [1.54, 1.807) is 0 Å². The molecule has 1 aromatic rings. The van der Waals surface area contributed by atoms with E-state index in [1.807, 2.05) is 6.92 Å². The Morgan fingerprint density at radius 1 is 1.80 bits per heavy atom. The third-order valence-electron chi connectivity index (χ3n) is 0.912. The molecule has 1 rings (SSSR count). The van der Waals surface area contributed by atoms with Gasteiger partial charge in [0.25, 0.3) is 0 Å². The van der Waals surface area contributed by atoms with E-state index in [2.05, 4.69) is 14.6 Å². The van der Waals surface area contributed by atoms with Crippen molar-refractivity contribution >= 4 is 0 Å². The van der Waals surface area contributed by atoms with Crippen LogP contribution in [0.2, 0.25) is 0 Å². The normalized spacial score (nSPS) is 10.1. The van der Waals surface area contributed by atoms with Crippen LogP contribution in [0.25, 0.3) is 0 Å². The molecule has 0 amide bonds. The van der Waals surface area contributed by atoms with Crippen LogP contribution in [-0.4, -0.2) is 16.8 Å². The molecule has 1 N–H and O–H groups in total. The van der Waals surface area contributed by atoms with E-state index in [9.17, 15) is 4.79 Å². The van der Waals surface area contributed by atoms with E-state index in [1.165, 1.54) is 0 Å². The molecule has 0 radical (unpaired) electrons. The number of hydrogen-bond donors (Lipinski definition) is 1. The number of hydrogen-bond acceptors (Lipinski definition) is 4. The summed E-state index contributed by atoms with van der Waals surface area (Å²) in [6.07, 6.45) is 0. The molecule has 0 aliphatic rings. The topological polar surface area (TPSA) is 68.1 Å². The highest BCUT2D eigenvalue weighted by atomic mass is 16.5. The minimum absolute atomic E-state index is 0.245. The first-order valence-electron chi connectivity index (χ1n) is 2.95. The average molecular weight is 144 g/mol. The van der Waals surface area contributed by atoms with Crippen LogP contribution in [0.15, 0.2) is 9.21 Å². The number of nitrogens with one attached hydrogen (secondary N) is 1. The Labute approximate surface area is 57.0 Å². The molecule has 0 spiro atoms. The van der Waals surface area contributed by atoms with Crippen molar-refractivity contribution in [1.82, 2.24) is 10.2 Å². The lowest BCUT2D eigenvalue weighted by Crippen LogP contribution is -1.94. The highest BCUT2D eigenvalue weighted by Gasteiger charge is 1.98. The quantitative estimate of drug-likeness (QED) is 0.643. The van der Waals surface area contributed by atoms with Crippen LogP contribution in [0.1, 0.15) is 12.8 Å². The van der Waals surface area contributed by atoms with Crippen molar-refractivity contribution in [2.75, 3.05) is 6.61 Å². The molecule has 0 atom stereocenters. The molecule has 0 aliphatic carbocycles. The number of aromatic amines is 1. The van der Waals surface area contributed by atoms with Crippen molar-refractivity contribution in [1.29, 1.82) is 0 Å².